The molecule has 0 amide bonds. The number of nitrogens with two attached hydrogens (primary N) is 1. The predicted octanol–water partition coefficient (Wildman–Crippen LogP) is 3.44. The number of anilines is 1. The maximum Gasteiger partial charge on any atom is 0.193 e. The average Bonchev–Trinajstić information content (AvgIpc) is 2.54. The number of benzene rings is 1. The summed E-state index contributed by atoms with van der Waals surface area (Å²) in [5.74, 6) is 3.85. The van der Waals surface area contributed by atoms with Gasteiger partial charge in [-0.2, -0.15) is 11.8 Å². The minimum Gasteiger partial charge on any atom is -0.370 e. The molecule has 114 valence electrons. The topological polar surface area (TPSA) is 50.4 Å². The van der Waals surface area contributed by atoms with Crippen LogP contribution in [0.1, 0.15) is 36.8 Å². The van der Waals surface area contributed by atoms with Crippen LogP contribution >= 0.6 is 11.8 Å². The van der Waals surface area contributed by atoms with Crippen LogP contribution in [0.3, 0.4) is 0 Å². The lowest BCUT2D eigenvalue weighted by Gasteiger charge is -2.21. The fraction of sp³-hybridized carbons (Fsp3) is 0.588. The Morgan fingerprint density at radius 3 is 2.90 bits per heavy atom. The van der Waals surface area contributed by atoms with Crippen LogP contribution in [0.4, 0.5) is 5.69 Å². The molecule has 3 N–H and O–H groups in total. The average molecular weight is 303 g/mol. The van der Waals surface area contributed by atoms with Gasteiger partial charge in [0.2, 0.25) is 0 Å². The molecule has 1 heterocycles. The molecule has 2 aliphatic rings. The summed E-state index contributed by atoms with van der Waals surface area (Å²) in [7, 11) is 0. The van der Waals surface area contributed by atoms with E-state index in [1.54, 1.807) is 0 Å². The van der Waals surface area contributed by atoms with Crippen molar-refractivity contribution in [1.29, 1.82) is 0 Å². The van der Waals surface area contributed by atoms with Crippen molar-refractivity contribution in [2.24, 2.45) is 16.6 Å². The number of hydrogen-bond donors (Lipinski definition) is 2. The smallest absolute Gasteiger partial charge is 0.193 e. The number of aliphatic imine (C=N–C) groups is 1. The molecular weight excluding hydrogens is 278 g/mol. The van der Waals surface area contributed by atoms with E-state index in [0.29, 0.717) is 5.96 Å². The number of nitrogens with zero attached hydrogens (tertiary/aromatic N) is 1. The number of guanidine groups is 1. The van der Waals surface area contributed by atoms with E-state index in [1.807, 2.05) is 0 Å². The molecule has 4 heteroatoms. The molecule has 1 fully saturated rings. The molecule has 3 rings (SSSR count). The normalized spacial score (nSPS) is 20.1. The Balaban J connectivity index is 1.62. The van der Waals surface area contributed by atoms with Crippen molar-refractivity contribution in [3.63, 3.8) is 0 Å². The van der Waals surface area contributed by atoms with Crippen molar-refractivity contribution in [2.75, 3.05) is 23.4 Å². The minimum atomic E-state index is 0.576. The minimum absolute atomic E-state index is 0.576. The highest BCUT2D eigenvalue weighted by molar-refractivity contribution is 7.99. The van der Waals surface area contributed by atoms with Crippen LogP contribution in [0.25, 0.3) is 0 Å². The maximum atomic E-state index is 6.09. The van der Waals surface area contributed by atoms with Gasteiger partial charge in [0.15, 0.2) is 5.96 Å². The monoisotopic (exact) mass is 303 g/mol. The van der Waals surface area contributed by atoms with Gasteiger partial charge in [-0.25, -0.2) is 0 Å². The van der Waals surface area contributed by atoms with Crippen LogP contribution in [-0.4, -0.2) is 24.0 Å². The van der Waals surface area contributed by atoms with E-state index in [9.17, 15) is 0 Å². The molecule has 1 aromatic carbocycles. The van der Waals surface area contributed by atoms with Crippen molar-refractivity contribution in [3.05, 3.63) is 29.3 Å². The quantitative estimate of drug-likeness (QED) is 0.664. The molecule has 0 radical (unpaired) electrons. The van der Waals surface area contributed by atoms with Gasteiger partial charge in [0.25, 0.3) is 0 Å². The van der Waals surface area contributed by atoms with E-state index >= 15 is 0 Å². The molecule has 1 saturated heterocycles. The molecule has 1 aromatic rings. The first-order valence-electron chi connectivity index (χ1n) is 8.08. The van der Waals surface area contributed by atoms with Gasteiger partial charge in [-0.05, 0) is 73.1 Å². The zero-order valence-corrected chi connectivity index (χ0v) is 13.4. The van der Waals surface area contributed by atoms with Crippen LogP contribution < -0.4 is 11.1 Å². The van der Waals surface area contributed by atoms with E-state index in [2.05, 4.69) is 40.3 Å². The molecule has 3 nitrogen and oxygen atoms in total. The third-order valence-corrected chi connectivity index (χ3v) is 5.57. The van der Waals surface area contributed by atoms with Crippen LogP contribution in [0.15, 0.2) is 23.2 Å². The van der Waals surface area contributed by atoms with E-state index < -0.39 is 0 Å². The molecule has 0 aromatic heterocycles. The summed E-state index contributed by atoms with van der Waals surface area (Å²) >= 11 is 2.06. The standard InChI is InChI=1S/C17H25N3S/c18-17(19-12-13-8-10-21-11-9-13)20-16-7-3-5-14-4-1-2-6-15(14)16/h3,5,7,13H,1-2,4,6,8-12H2,(H3,18,19,20). The molecule has 0 spiro atoms. The summed E-state index contributed by atoms with van der Waals surface area (Å²) in [6.07, 6.45) is 7.50. The fourth-order valence-corrected chi connectivity index (χ4v) is 4.44. The highest BCUT2D eigenvalue weighted by Gasteiger charge is 2.15. The molecule has 0 unspecified atom stereocenters. The van der Waals surface area contributed by atoms with Gasteiger partial charge < -0.3 is 11.1 Å². The van der Waals surface area contributed by atoms with Crippen molar-refractivity contribution < 1.29 is 0 Å². The number of rotatable bonds is 3. The Bertz CT molecular complexity index is 507. The first kappa shape index (κ1) is 14.8. The number of thioether (sulfide) groups is 1. The highest BCUT2D eigenvalue weighted by atomic mass is 32.2. The number of nitrogens with one attached hydrogen (secondary N) is 1. The van der Waals surface area contributed by atoms with Crippen molar-refractivity contribution >= 4 is 23.4 Å². The SMILES string of the molecule is NC(=NCC1CCSCC1)Nc1cccc2c1CCCC2. The van der Waals surface area contributed by atoms with Crippen LogP contribution in [0, 0.1) is 5.92 Å². The summed E-state index contributed by atoms with van der Waals surface area (Å²) in [4.78, 5) is 4.57. The number of aryl methyl sites for hydroxylation is 1. The predicted molar refractivity (Wildman–Crippen MR) is 93.2 cm³/mol. The molecule has 1 aliphatic carbocycles. The summed E-state index contributed by atoms with van der Waals surface area (Å²) < 4.78 is 0. The van der Waals surface area contributed by atoms with Gasteiger partial charge in [0.1, 0.15) is 0 Å². The van der Waals surface area contributed by atoms with Crippen molar-refractivity contribution in [2.45, 2.75) is 38.5 Å². The van der Waals surface area contributed by atoms with Crippen LogP contribution in [0.2, 0.25) is 0 Å². The Kier molecular flexibility index (Phi) is 5.07. The van der Waals surface area contributed by atoms with Gasteiger partial charge in [0.05, 0.1) is 0 Å². The third kappa shape index (κ3) is 3.94. The van der Waals surface area contributed by atoms with E-state index in [-0.39, 0.29) is 0 Å². The molecule has 0 atom stereocenters. The van der Waals surface area contributed by atoms with Gasteiger partial charge >= 0.3 is 0 Å². The van der Waals surface area contributed by atoms with Crippen molar-refractivity contribution in [3.8, 4) is 0 Å². The van der Waals surface area contributed by atoms with Gasteiger partial charge in [-0.15, -0.1) is 0 Å². The second kappa shape index (κ2) is 7.21. The maximum absolute atomic E-state index is 6.09. The first-order chi connectivity index (χ1) is 10.3. The second-order valence-electron chi connectivity index (χ2n) is 6.06. The summed E-state index contributed by atoms with van der Waals surface area (Å²) in [6.45, 7) is 0.869. The second-order valence-corrected chi connectivity index (χ2v) is 7.28. The molecule has 1 aliphatic heterocycles. The molecule has 0 bridgehead atoms. The lowest BCUT2D eigenvalue weighted by atomic mass is 9.90. The lowest BCUT2D eigenvalue weighted by molar-refractivity contribution is 0.503. The number of fused-ring (bicyclic) bond motifs is 1. The largest absolute Gasteiger partial charge is 0.370 e. The summed E-state index contributed by atoms with van der Waals surface area (Å²) in [6, 6.07) is 6.49. The molecule has 0 saturated carbocycles. The Labute approximate surface area is 131 Å². The summed E-state index contributed by atoms with van der Waals surface area (Å²) in [5.41, 5.74) is 10.2. The Hall–Kier alpha value is -1.16. The van der Waals surface area contributed by atoms with Gasteiger partial charge in [-0.1, -0.05) is 12.1 Å². The van der Waals surface area contributed by atoms with E-state index in [1.165, 1.54) is 54.7 Å². The molecular formula is C17H25N3S. The fourth-order valence-electron chi connectivity index (χ4n) is 3.23. The van der Waals surface area contributed by atoms with Crippen molar-refractivity contribution in [1.82, 2.24) is 0 Å². The zero-order chi connectivity index (χ0) is 14.5. The van der Waals surface area contributed by atoms with E-state index in [0.717, 1.165) is 24.6 Å². The number of hydrogen-bond acceptors (Lipinski definition) is 2. The third-order valence-electron chi connectivity index (χ3n) is 4.52. The van der Waals surface area contributed by atoms with Crippen LogP contribution in [0.5, 0.6) is 0 Å². The van der Waals surface area contributed by atoms with Gasteiger partial charge in [-0.3, -0.25) is 4.99 Å². The lowest BCUT2D eigenvalue weighted by Crippen LogP contribution is -2.25. The highest BCUT2D eigenvalue weighted by Crippen LogP contribution is 2.28. The van der Waals surface area contributed by atoms with Crippen LogP contribution in [-0.2, 0) is 12.8 Å². The summed E-state index contributed by atoms with van der Waals surface area (Å²) in [5, 5.41) is 3.33. The molecule has 21 heavy (non-hydrogen) atoms. The van der Waals surface area contributed by atoms with E-state index in [4.69, 9.17) is 5.73 Å². The Morgan fingerprint density at radius 1 is 1.24 bits per heavy atom. The van der Waals surface area contributed by atoms with Gasteiger partial charge in [0, 0.05) is 12.2 Å². The Morgan fingerprint density at radius 2 is 2.05 bits per heavy atom. The zero-order valence-electron chi connectivity index (χ0n) is 12.6. The first-order valence-corrected chi connectivity index (χ1v) is 9.24.